The second kappa shape index (κ2) is 5.87. The van der Waals surface area contributed by atoms with Crippen LogP contribution in [0.5, 0.6) is 17.2 Å². The van der Waals surface area contributed by atoms with E-state index in [2.05, 4.69) is 5.32 Å². The number of rotatable bonds is 4. The molecule has 7 heteroatoms. The van der Waals surface area contributed by atoms with E-state index >= 15 is 0 Å². The zero-order chi connectivity index (χ0) is 14.7. The molecule has 0 aromatic heterocycles. The number of carbonyl (C=O) groups excluding carboxylic acids is 2. The fourth-order valence-corrected chi connectivity index (χ4v) is 2.40. The van der Waals surface area contributed by atoms with Crippen LogP contribution in [-0.2, 0) is 4.79 Å². The molecule has 1 aliphatic heterocycles. The summed E-state index contributed by atoms with van der Waals surface area (Å²) >= 11 is 0.845. The molecule has 1 saturated heterocycles. The molecule has 0 aliphatic carbocycles. The minimum Gasteiger partial charge on any atom is -0.496 e. The van der Waals surface area contributed by atoms with Crippen LogP contribution in [0.1, 0.15) is 5.56 Å². The molecule has 106 valence electrons. The molecule has 0 saturated carbocycles. The Kier molecular flexibility index (Phi) is 4.19. The molecule has 0 bridgehead atoms. The fraction of sp³-hybridized carbons (Fsp3) is 0.231. The summed E-state index contributed by atoms with van der Waals surface area (Å²) < 4.78 is 15.6. The van der Waals surface area contributed by atoms with E-state index in [4.69, 9.17) is 14.2 Å². The Balaban J connectivity index is 2.48. The predicted octanol–water partition coefficient (Wildman–Crippen LogP) is 2.04. The molecule has 0 unspecified atom stereocenters. The van der Waals surface area contributed by atoms with Crippen LogP contribution in [0.4, 0.5) is 4.79 Å². The van der Waals surface area contributed by atoms with Crippen LogP contribution >= 0.6 is 11.8 Å². The van der Waals surface area contributed by atoms with E-state index in [1.807, 2.05) is 0 Å². The molecule has 0 atom stereocenters. The Bertz CT molecular complexity index is 597. The van der Waals surface area contributed by atoms with E-state index in [0.29, 0.717) is 27.7 Å². The summed E-state index contributed by atoms with van der Waals surface area (Å²) in [6.45, 7) is 0. The van der Waals surface area contributed by atoms with Crippen molar-refractivity contribution >= 4 is 29.0 Å². The minimum absolute atomic E-state index is 0.306. The highest BCUT2D eigenvalue weighted by molar-refractivity contribution is 8.18. The quantitative estimate of drug-likeness (QED) is 0.857. The average molecular weight is 295 g/mol. The van der Waals surface area contributed by atoms with E-state index in [9.17, 15) is 9.59 Å². The number of imide groups is 1. The lowest BCUT2D eigenvalue weighted by atomic mass is 10.1. The van der Waals surface area contributed by atoms with Crippen LogP contribution in [0.15, 0.2) is 17.0 Å². The zero-order valence-electron chi connectivity index (χ0n) is 11.2. The summed E-state index contributed by atoms with van der Waals surface area (Å²) in [6.07, 6.45) is 1.58. The summed E-state index contributed by atoms with van der Waals surface area (Å²) in [5.41, 5.74) is 0.623. The lowest BCUT2D eigenvalue weighted by Crippen LogP contribution is -2.17. The van der Waals surface area contributed by atoms with Gasteiger partial charge < -0.3 is 14.2 Å². The van der Waals surface area contributed by atoms with Crippen molar-refractivity contribution in [3.63, 3.8) is 0 Å². The van der Waals surface area contributed by atoms with E-state index in [1.165, 1.54) is 21.3 Å². The van der Waals surface area contributed by atoms with Crippen molar-refractivity contribution in [3.05, 3.63) is 22.6 Å². The van der Waals surface area contributed by atoms with Crippen molar-refractivity contribution in [2.75, 3.05) is 21.3 Å². The van der Waals surface area contributed by atoms with Gasteiger partial charge >= 0.3 is 0 Å². The number of nitrogens with one attached hydrogen (secondary N) is 1. The van der Waals surface area contributed by atoms with Crippen LogP contribution in [0.3, 0.4) is 0 Å². The molecule has 1 aliphatic rings. The van der Waals surface area contributed by atoms with Gasteiger partial charge in [0.1, 0.15) is 5.75 Å². The highest BCUT2D eigenvalue weighted by Crippen LogP contribution is 2.37. The van der Waals surface area contributed by atoms with Crippen LogP contribution in [0.25, 0.3) is 6.08 Å². The fourth-order valence-electron chi connectivity index (χ4n) is 1.73. The first-order valence-corrected chi connectivity index (χ1v) is 6.45. The highest BCUT2D eigenvalue weighted by atomic mass is 32.2. The van der Waals surface area contributed by atoms with Gasteiger partial charge in [-0.3, -0.25) is 14.9 Å². The van der Waals surface area contributed by atoms with Crippen LogP contribution in [-0.4, -0.2) is 32.5 Å². The molecule has 1 heterocycles. The topological polar surface area (TPSA) is 73.9 Å². The van der Waals surface area contributed by atoms with Crippen molar-refractivity contribution < 1.29 is 23.8 Å². The van der Waals surface area contributed by atoms with Crippen molar-refractivity contribution in [1.82, 2.24) is 5.32 Å². The van der Waals surface area contributed by atoms with Gasteiger partial charge in [-0.1, -0.05) is 0 Å². The number of methoxy groups -OCH3 is 3. The lowest BCUT2D eigenvalue weighted by Gasteiger charge is -2.12. The van der Waals surface area contributed by atoms with Gasteiger partial charge in [-0.15, -0.1) is 0 Å². The number of thioether (sulfide) groups is 1. The number of carbonyl (C=O) groups is 2. The van der Waals surface area contributed by atoms with Gasteiger partial charge in [-0.25, -0.2) is 0 Å². The second-order valence-electron chi connectivity index (χ2n) is 3.80. The van der Waals surface area contributed by atoms with Gasteiger partial charge in [0.2, 0.25) is 0 Å². The van der Waals surface area contributed by atoms with Gasteiger partial charge in [0.25, 0.3) is 11.1 Å². The Morgan fingerprint density at radius 3 is 2.10 bits per heavy atom. The molecule has 20 heavy (non-hydrogen) atoms. The molecular weight excluding hydrogens is 282 g/mol. The summed E-state index contributed by atoms with van der Waals surface area (Å²) in [5, 5.41) is 1.81. The Morgan fingerprint density at radius 2 is 1.60 bits per heavy atom. The number of amides is 2. The van der Waals surface area contributed by atoms with Crippen LogP contribution in [0, 0.1) is 0 Å². The third kappa shape index (κ3) is 2.72. The standard InChI is InChI=1S/C13H13NO5S/c1-17-8-6-10(19-3)9(18-2)4-7(8)5-11-12(15)14-13(16)20-11/h4-6H,1-3H3,(H,14,15,16)/b11-5+. The maximum atomic E-state index is 11.5. The maximum absolute atomic E-state index is 11.5. The first-order chi connectivity index (χ1) is 9.58. The Morgan fingerprint density at radius 1 is 1.00 bits per heavy atom. The van der Waals surface area contributed by atoms with Gasteiger partial charge in [-0.05, 0) is 23.9 Å². The summed E-state index contributed by atoms with van der Waals surface area (Å²) in [5.74, 6) is 1.13. The maximum Gasteiger partial charge on any atom is 0.290 e. The van der Waals surface area contributed by atoms with E-state index < -0.39 is 5.91 Å². The van der Waals surface area contributed by atoms with E-state index in [0.717, 1.165) is 11.8 Å². The number of benzene rings is 1. The number of hydrogen-bond acceptors (Lipinski definition) is 6. The molecule has 1 N–H and O–H groups in total. The molecule has 1 aromatic rings. The minimum atomic E-state index is -0.420. The molecular formula is C13H13NO5S. The largest absolute Gasteiger partial charge is 0.496 e. The average Bonchev–Trinajstić information content (AvgIpc) is 2.76. The van der Waals surface area contributed by atoms with Crippen molar-refractivity contribution in [3.8, 4) is 17.2 Å². The first-order valence-electron chi connectivity index (χ1n) is 5.64. The summed E-state index contributed by atoms with van der Waals surface area (Å²) in [4.78, 5) is 23.0. The van der Waals surface area contributed by atoms with Crippen molar-refractivity contribution in [2.24, 2.45) is 0 Å². The van der Waals surface area contributed by atoms with Crippen LogP contribution < -0.4 is 19.5 Å². The Hall–Kier alpha value is -2.15. The van der Waals surface area contributed by atoms with Crippen LogP contribution in [0.2, 0.25) is 0 Å². The van der Waals surface area contributed by atoms with Crippen molar-refractivity contribution in [2.45, 2.75) is 0 Å². The second-order valence-corrected chi connectivity index (χ2v) is 4.82. The number of hydrogen-bond donors (Lipinski definition) is 1. The van der Waals surface area contributed by atoms with Crippen molar-refractivity contribution in [1.29, 1.82) is 0 Å². The molecule has 2 amide bonds. The van der Waals surface area contributed by atoms with E-state index in [1.54, 1.807) is 18.2 Å². The first kappa shape index (κ1) is 14.3. The molecule has 2 rings (SSSR count). The van der Waals surface area contributed by atoms with Gasteiger partial charge in [-0.2, -0.15) is 0 Å². The Labute approximate surface area is 120 Å². The summed E-state index contributed by atoms with van der Waals surface area (Å²) in [7, 11) is 4.55. The molecule has 6 nitrogen and oxygen atoms in total. The molecule has 1 aromatic carbocycles. The zero-order valence-corrected chi connectivity index (χ0v) is 12.0. The number of ether oxygens (including phenoxy) is 3. The van der Waals surface area contributed by atoms with E-state index in [-0.39, 0.29) is 5.24 Å². The smallest absolute Gasteiger partial charge is 0.290 e. The monoisotopic (exact) mass is 295 g/mol. The van der Waals surface area contributed by atoms with Gasteiger partial charge in [0.05, 0.1) is 26.2 Å². The normalized spacial score (nSPS) is 16.2. The van der Waals surface area contributed by atoms with Gasteiger partial charge in [0, 0.05) is 11.6 Å². The highest BCUT2D eigenvalue weighted by Gasteiger charge is 2.25. The molecule has 0 radical (unpaired) electrons. The van der Waals surface area contributed by atoms with Gasteiger partial charge in [0.15, 0.2) is 11.5 Å². The third-order valence-electron chi connectivity index (χ3n) is 2.66. The molecule has 1 fully saturated rings. The molecule has 0 spiro atoms. The lowest BCUT2D eigenvalue weighted by molar-refractivity contribution is -0.115. The SMILES string of the molecule is COc1cc(OC)c(OC)cc1/C=C1/SC(=O)NC1=O. The third-order valence-corrected chi connectivity index (χ3v) is 3.48. The predicted molar refractivity (Wildman–Crippen MR) is 75.2 cm³/mol. The summed E-state index contributed by atoms with van der Waals surface area (Å²) in [6, 6.07) is 3.34.